The monoisotopic (exact) mass is 263 g/mol. The molecule has 0 bridgehead atoms. The second-order valence-electron chi connectivity index (χ2n) is 5.32. The van der Waals surface area contributed by atoms with Crippen LogP contribution in [-0.4, -0.2) is 19.6 Å². The molecule has 3 heteroatoms. The molecule has 0 atom stereocenters. The number of unbranched alkanes of at least 4 members (excludes halogenated alkanes) is 2. The maximum atomic E-state index is 12.2. The molecule has 1 aromatic carbocycles. The van der Waals surface area contributed by atoms with Crippen molar-refractivity contribution in [2.24, 2.45) is 0 Å². The number of nitrogens with one attached hydrogen (secondary N) is 1. The maximum absolute atomic E-state index is 12.2. The van der Waals surface area contributed by atoms with Crippen LogP contribution in [0, 0.1) is 0 Å². The van der Waals surface area contributed by atoms with Crippen molar-refractivity contribution in [3.63, 3.8) is 0 Å². The molecule has 106 valence electrons. The van der Waals surface area contributed by atoms with Crippen LogP contribution >= 0.6 is 0 Å². The molecular weight excluding hydrogens is 238 g/mol. The number of benzene rings is 1. The Labute approximate surface area is 116 Å². The molecule has 0 saturated carbocycles. The Morgan fingerprint density at radius 2 is 1.84 bits per heavy atom. The van der Waals surface area contributed by atoms with E-state index in [0.29, 0.717) is 0 Å². The van der Waals surface area contributed by atoms with Gasteiger partial charge in [-0.15, -0.1) is 0 Å². The molecule has 1 aromatic rings. The molecule has 0 aromatic heterocycles. The molecule has 0 aliphatic carbocycles. The number of carbonyl (C=O) groups excluding carboxylic acids is 1. The minimum absolute atomic E-state index is 0.0776. The van der Waals surface area contributed by atoms with Crippen molar-refractivity contribution >= 4 is 5.91 Å². The van der Waals surface area contributed by atoms with E-state index < -0.39 is 5.41 Å². The van der Waals surface area contributed by atoms with Crippen LogP contribution in [0.1, 0.15) is 45.6 Å². The Hall–Kier alpha value is -1.51. The van der Waals surface area contributed by atoms with Gasteiger partial charge in [0.1, 0.15) is 5.75 Å². The minimum Gasteiger partial charge on any atom is -0.497 e. The molecule has 0 heterocycles. The number of ether oxygens (including phenoxy) is 1. The van der Waals surface area contributed by atoms with Gasteiger partial charge in [0.2, 0.25) is 5.91 Å². The normalized spacial score (nSPS) is 11.2. The standard InChI is InChI=1S/C16H25NO2/c1-5-6-7-12-17-15(18)16(2,3)13-8-10-14(19-4)11-9-13/h8-11H,5-7,12H2,1-4H3,(H,17,18). The predicted octanol–water partition coefficient (Wildman–Crippen LogP) is 3.28. The Balaban J connectivity index is 2.64. The maximum Gasteiger partial charge on any atom is 0.230 e. The molecule has 0 aliphatic rings. The van der Waals surface area contributed by atoms with E-state index in [2.05, 4.69) is 12.2 Å². The smallest absolute Gasteiger partial charge is 0.230 e. The zero-order valence-corrected chi connectivity index (χ0v) is 12.5. The number of hydrogen-bond donors (Lipinski definition) is 1. The van der Waals surface area contributed by atoms with E-state index >= 15 is 0 Å². The van der Waals surface area contributed by atoms with E-state index in [0.717, 1.165) is 37.1 Å². The topological polar surface area (TPSA) is 38.3 Å². The molecule has 1 amide bonds. The van der Waals surface area contributed by atoms with Crippen LogP contribution in [0.4, 0.5) is 0 Å². The molecule has 0 fully saturated rings. The summed E-state index contributed by atoms with van der Waals surface area (Å²) in [7, 11) is 1.64. The first-order valence-electron chi connectivity index (χ1n) is 6.95. The molecule has 0 spiro atoms. The summed E-state index contributed by atoms with van der Waals surface area (Å²) < 4.78 is 5.13. The summed E-state index contributed by atoms with van der Waals surface area (Å²) in [6, 6.07) is 7.68. The van der Waals surface area contributed by atoms with Crippen molar-refractivity contribution in [1.29, 1.82) is 0 Å². The third-order valence-electron chi connectivity index (χ3n) is 3.45. The molecule has 0 radical (unpaired) electrons. The van der Waals surface area contributed by atoms with Gasteiger partial charge in [-0.2, -0.15) is 0 Å². The van der Waals surface area contributed by atoms with E-state index in [-0.39, 0.29) is 5.91 Å². The molecule has 0 aliphatic heterocycles. The number of methoxy groups -OCH3 is 1. The average Bonchev–Trinajstić information content (AvgIpc) is 2.43. The fraction of sp³-hybridized carbons (Fsp3) is 0.562. The molecule has 3 nitrogen and oxygen atoms in total. The zero-order valence-electron chi connectivity index (χ0n) is 12.5. The summed E-state index contributed by atoms with van der Waals surface area (Å²) in [5.41, 5.74) is 0.486. The SMILES string of the molecule is CCCCCNC(=O)C(C)(C)c1ccc(OC)cc1. The lowest BCUT2D eigenvalue weighted by Crippen LogP contribution is -2.40. The molecule has 0 unspecified atom stereocenters. The van der Waals surface area contributed by atoms with Crippen LogP contribution in [0.15, 0.2) is 24.3 Å². The van der Waals surface area contributed by atoms with Crippen molar-refractivity contribution in [1.82, 2.24) is 5.32 Å². The summed E-state index contributed by atoms with van der Waals surface area (Å²) >= 11 is 0. The van der Waals surface area contributed by atoms with E-state index in [1.807, 2.05) is 38.1 Å². The summed E-state index contributed by atoms with van der Waals surface area (Å²) in [5, 5.41) is 3.01. The highest BCUT2D eigenvalue weighted by molar-refractivity contribution is 5.87. The predicted molar refractivity (Wildman–Crippen MR) is 78.6 cm³/mol. The fourth-order valence-electron chi connectivity index (χ4n) is 1.94. The zero-order chi connectivity index (χ0) is 14.3. The largest absolute Gasteiger partial charge is 0.497 e. The third-order valence-corrected chi connectivity index (χ3v) is 3.45. The number of hydrogen-bond acceptors (Lipinski definition) is 2. The van der Waals surface area contributed by atoms with Gasteiger partial charge in [-0.05, 0) is 38.0 Å². The Kier molecular flexibility index (Phi) is 5.87. The highest BCUT2D eigenvalue weighted by Gasteiger charge is 2.29. The van der Waals surface area contributed by atoms with E-state index in [1.165, 1.54) is 0 Å². The Bertz CT molecular complexity index is 396. The quantitative estimate of drug-likeness (QED) is 0.767. The lowest BCUT2D eigenvalue weighted by Gasteiger charge is -2.24. The van der Waals surface area contributed by atoms with E-state index in [1.54, 1.807) is 7.11 Å². The van der Waals surface area contributed by atoms with Gasteiger partial charge >= 0.3 is 0 Å². The molecule has 1 rings (SSSR count). The number of carbonyl (C=O) groups is 1. The van der Waals surface area contributed by atoms with Crippen LogP contribution in [0.2, 0.25) is 0 Å². The van der Waals surface area contributed by atoms with Crippen molar-refractivity contribution in [2.75, 3.05) is 13.7 Å². The Morgan fingerprint density at radius 1 is 1.21 bits per heavy atom. The van der Waals surface area contributed by atoms with Gasteiger partial charge in [0.25, 0.3) is 0 Å². The van der Waals surface area contributed by atoms with Crippen molar-refractivity contribution in [3.8, 4) is 5.75 Å². The van der Waals surface area contributed by atoms with Crippen molar-refractivity contribution in [3.05, 3.63) is 29.8 Å². The molecule has 0 saturated heterocycles. The van der Waals surface area contributed by atoms with Crippen LogP contribution in [0.3, 0.4) is 0 Å². The van der Waals surface area contributed by atoms with Crippen LogP contribution in [0.25, 0.3) is 0 Å². The van der Waals surface area contributed by atoms with Gasteiger partial charge in [0, 0.05) is 6.54 Å². The van der Waals surface area contributed by atoms with Gasteiger partial charge in [0.15, 0.2) is 0 Å². The summed E-state index contributed by atoms with van der Waals surface area (Å²) in [4.78, 5) is 12.2. The summed E-state index contributed by atoms with van der Waals surface area (Å²) in [6.45, 7) is 6.81. The van der Waals surface area contributed by atoms with E-state index in [4.69, 9.17) is 4.74 Å². The average molecular weight is 263 g/mol. The first kappa shape index (κ1) is 15.5. The fourth-order valence-corrected chi connectivity index (χ4v) is 1.94. The lowest BCUT2D eigenvalue weighted by molar-refractivity contribution is -0.125. The van der Waals surface area contributed by atoms with Gasteiger partial charge in [-0.3, -0.25) is 4.79 Å². The molecular formula is C16H25NO2. The van der Waals surface area contributed by atoms with Gasteiger partial charge in [-0.1, -0.05) is 31.9 Å². The van der Waals surface area contributed by atoms with Gasteiger partial charge < -0.3 is 10.1 Å². The third kappa shape index (κ3) is 4.27. The highest BCUT2D eigenvalue weighted by atomic mass is 16.5. The molecule has 19 heavy (non-hydrogen) atoms. The first-order valence-corrected chi connectivity index (χ1v) is 6.95. The van der Waals surface area contributed by atoms with Gasteiger partial charge in [0.05, 0.1) is 12.5 Å². The number of rotatable bonds is 7. The minimum atomic E-state index is -0.515. The lowest BCUT2D eigenvalue weighted by atomic mass is 9.83. The highest BCUT2D eigenvalue weighted by Crippen LogP contribution is 2.25. The van der Waals surface area contributed by atoms with Crippen molar-refractivity contribution in [2.45, 2.75) is 45.4 Å². The number of amides is 1. The van der Waals surface area contributed by atoms with E-state index in [9.17, 15) is 4.79 Å². The first-order chi connectivity index (χ1) is 9.02. The van der Waals surface area contributed by atoms with Gasteiger partial charge in [-0.25, -0.2) is 0 Å². The van der Waals surface area contributed by atoms with Crippen LogP contribution in [0.5, 0.6) is 5.75 Å². The van der Waals surface area contributed by atoms with Crippen molar-refractivity contribution < 1.29 is 9.53 Å². The summed E-state index contributed by atoms with van der Waals surface area (Å²) in [6.07, 6.45) is 3.36. The molecule has 1 N–H and O–H groups in total. The Morgan fingerprint density at radius 3 is 2.37 bits per heavy atom. The summed E-state index contributed by atoms with van der Waals surface area (Å²) in [5.74, 6) is 0.886. The van der Waals surface area contributed by atoms with Crippen LogP contribution < -0.4 is 10.1 Å². The second-order valence-corrected chi connectivity index (χ2v) is 5.32. The second kappa shape index (κ2) is 7.17. The van der Waals surface area contributed by atoms with Crippen LogP contribution in [-0.2, 0) is 10.2 Å².